The van der Waals surface area contributed by atoms with Gasteiger partial charge in [0, 0.05) is 7.05 Å². The van der Waals surface area contributed by atoms with Crippen LogP contribution in [0.15, 0.2) is 42.5 Å². The zero-order valence-corrected chi connectivity index (χ0v) is 18.5. The van der Waals surface area contributed by atoms with Gasteiger partial charge in [-0.3, -0.25) is 10.0 Å². The molecule has 1 amide bonds. The molecule has 2 N–H and O–H groups in total. The number of amides is 1. The van der Waals surface area contributed by atoms with Gasteiger partial charge in [0.2, 0.25) is 15.9 Å². The molecule has 14 heteroatoms. The van der Waals surface area contributed by atoms with E-state index in [1.165, 1.54) is 43.1 Å². The third-order valence-corrected chi connectivity index (χ3v) is 4.82. The lowest BCUT2D eigenvalue weighted by molar-refractivity contribution is -0.0143. The molecule has 2 aromatic heterocycles. The largest absolute Gasteiger partial charge is 0.479 e. The summed E-state index contributed by atoms with van der Waals surface area (Å²) in [4.78, 5) is 16.6. The fourth-order valence-electron chi connectivity index (χ4n) is 2.82. The quantitative estimate of drug-likeness (QED) is 0.500. The number of aromatic nitrogens is 4. The lowest BCUT2D eigenvalue weighted by Gasteiger charge is -2.18. The molecule has 0 radical (unpaired) electrons. The fourth-order valence-corrected chi connectivity index (χ4v) is 3.38. The number of hydrogen-bond acceptors (Lipinski definition) is 8. The summed E-state index contributed by atoms with van der Waals surface area (Å²) in [7, 11) is -0.830. The van der Waals surface area contributed by atoms with E-state index in [1.807, 2.05) is 0 Å². The van der Waals surface area contributed by atoms with Gasteiger partial charge in [-0.2, -0.15) is 0 Å². The van der Waals surface area contributed by atoms with Gasteiger partial charge in [-0.15, -0.1) is 5.10 Å². The Bertz CT molecular complexity index is 1240. The second-order valence-electron chi connectivity index (χ2n) is 6.73. The van der Waals surface area contributed by atoms with Crippen LogP contribution in [0.2, 0.25) is 0 Å². The zero-order valence-electron chi connectivity index (χ0n) is 17.7. The van der Waals surface area contributed by atoms with Crippen molar-refractivity contribution in [3.63, 3.8) is 0 Å². The molecule has 1 atom stereocenters. The van der Waals surface area contributed by atoms with Crippen LogP contribution in [-0.4, -0.2) is 54.3 Å². The number of alkyl halides is 2. The Morgan fingerprint density at radius 3 is 2.45 bits per heavy atom. The zero-order chi connectivity index (χ0) is 24.2. The molecule has 0 bridgehead atoms. The van der Waals surface area contributed by atoms with E-state index in [4.69, 9.17) is 9.47 Å². The number of nitrogens with one attached hydrogen (secondary N) is 2. The molecule has 0 aliphatic carbocycles. The number of anilines is 2. The number of halogens is 2. The van der Waals surface area contributed by atoms with E-state index in [0.29, 0.717) is 0 Å². The minimum atomic E-state index is -3.59. The van der Waals surface area contributed by atoms with Gasteiger partial charge in [-0.05, 0) is 17.7 Å². The first-order valence-electron chi connectivity index (χ1n) is 9.32. The molecule has 0 aliphatic heterocycles. The van der Waals surface area contributed by atoms with Gasteiger partial charge >= 0.3 is 6.09 Å². The van der Waals surface area contributed by atoms with Crippen molar-refractivity contribution in [3.05, 3.63) is 48.0 Å². The van der Waals surface area contributed by atoms with Crippen molar-refractivity contribution in [2.45, 2.75) is 12.5 Å². The number of sulfonamides is 1. The summed E-state index contributed by atoms with van der Waals surface area (Å²) in [6.45, 7) is 0. The van der Waals surface area contributed by atoms with E-state index in [1.54, 1.807) is 18.2 Å². The van der Waals surface area contributed by atoms with E-state index in [9.17, 15) is 22.0 Å². The predicted octanol–water partition coefficient (Wildman–Crippen LogP) is 2.81. The van der Waals surface area contributed by atoms with Crippen molar-refractivity contribution >= 4 is 27.6 Å². The molecule has 3 aromatic rings. The first-order valence-corrected chi connectivity index (χ1v) is 11.2. The maximum absolute atomic E-state index is 13.5. The lowest BCUT2D eigenvalue weighted by Crippen LogP contribution is -2.23. The summed E-state index contributed by atoms with van der Waals surface area (Å²) in [6, 6.07) is 10.4. The monoisotopic (exact) mass is 482 g/mol. The number of hydrogen-bond donors (Lipinski definition) is 2. The van der Waals surface area contributed by atoms with Crippen LogP contribution in [-0.2, 0) is 21.8 Å². The third-order valence-electron chi connectivity index (χ3n) is 4.23. The van der Waals surface area contributed by atoms with Gasteiger partial charge in [0.05, 0.1) is 19.1 Å². The topological polar surface area (TPSA) is 137 Å². The second kappa shape index (κ2) is 9.77. The number of ether oxygens (including phenoxy) is 2. The Morgan fingerprint density at radius 1 is 1.15 bits per heavy atom. The smallest absolute Gasteiger partial charge is 0.413 e. The van der Waals surface area contributed by atoms with Crippen molar-refractivity contribution in [1.29, 1.82) is 0 Å². The highest BCUT2D eigenvalue weighted by Crippen LogP contribution is 2.31. The normalized spacial score (nSPS) is 12.3. The van der Waals surface area contributed by atoms with Gasteiger partial charge in [0.15, 0.2) is 17.6 Å². The SMILES string of the molecule is COc1nc(-c2nnn(C)c2NC(=O)OC(c2ccccc2)C(F)F)ccc1NS(C)(=O)=O. The molecule has 1 unspecified atom stereocenters. The molecule has 3 rings (SSSR count). The number of rotatable bonds is 8. The van der Waals surface area contributed by atoms with Crippen LogP contribution >= 0.6 is 0 Å². The molecule has 0 saturated heterocycles. The molecular weight excluding hydrogens is 462 g/mol. The fraction of sp³-hybridized carbons (Fsp3) is 0.263. The molecule has 0 fully saturated rings. The Morgan fingerprint density at radius 2 is 1.85 bits per heavy atom. The van der Waals surface area contributed by atoms with Crippen molar-refractivity contribution in [2.75, 3.05) is 23.4 Å². The van der Waals surface area contributed by atoms with Crippen LogP contribution in [0.3, 0.4) is 0 Å². The number of methoxy groups -OCH3 is 1. The van der Waals surface area contributed by atoms with Gasteiger partial charge in [-0.1, -0.05) is 35.5 Å². The molecule has 0 saturated carbocycles. The first kappa shape index (κ1) is 23.8. The second-order valence-corrected chi connectivity index (χ2v) is 8.48. The molecule has 2 heterocycles. The maximum atomic E-state index is 13.5. The number of carbonyl (C=O) groups excluding carboxylic acids is 1. The summed E-state index contributed by atoms with van der Waals surface area (Å²) < 4.78 is 63.5. The van der Waals surface area contributed by atoms with E-state index in [-0.39, 0.29) is 34.3 Å². The number of pyridine rings is 1. The van der Waals surface area contributed by atoms with Gasteiger partial charge in [0.1, 0.15) is 5.69 Å². The lowest BCUT2D eigenvalue weighted by atomic mass is 10.1. The summed E-state index contributed by atoms with van der Waals surface area (Å²) in [5, 5.41) is 10.1. The predicted molar refractivity (Wildman–Crippen MR) is 115 cm³/mol. The van der Waals surface area contributed by atoms with Crippen LogP contribution in [0.5, 0.6) is 5.88 Å². The number of nitrogens with zero attached hydrogens (tertiary/aromatic N) is 4. The number of carbonyl (C=O) groups is 1. The minimum Gasteiger partial charge on any atom is -0.479 e. The van der Waals surface area contributed by atoms with Crippen molar-refractivity contribution < 1.29 is 31.5 Å². The number of benzene rings is 1. The summed E-state index contributed by atoms with van der Waals surface area (Å²) in [6.07, 6.45) is -4.92. The Labute approximate surface area is 187 Å². The van der Waals surface area contributed by atoms with Crippen molar-refractivity contribution in [3.8, 4) is 17.3 Å². The summed E-state index contributed by atoms with van der Waals surface area (Å²) >= 11 is 0. The average molecular weight is 482 g/mol. The molecule has 176 valence electrons. The minimum absolute atomic E-state index is 0.0134. The van der Waals surface area contributed by atoms with Crippen LogP contribution < -0.4 is 14.8 Å². The van der Waals surface area contributed by atoms with Crippen molar-refractivity contribution in [2.24, 2.45) is 7.05 Å². The van der Waals surface area contributed by atoms with Crippen molar-refractivity contribution in [1.82, 2.24) is 20.0 Å². The van der Waals surface area contributed by atoms with Gasteiger partial charge in [-0.25, -0.2) is 31.7 Å². The number of aryl methyl sites for hydroxylation is 1. The summed E-state index contributed by atoms with van der Waals surface area (Å²) in [5.74, 6) is -0.0431. The molecule has 0 aliphatic rings. The summed E-state index contributed by atoms with van der Waals surface area (Å²) in [5.41, 5.74) is 0.463. The molecule has 11 nitrogen and oxygen atoms in total. The van der Waals surface area contributed by atoms with E-state index in [0.717, 1.165) is 6.26 Å². The van der Waals surface area contributed by atoms with Crippen LogP contribution in [0.1, 0.15) is 11.7 Å². The molecular formula is C19H20F2N6O5S. The van der Waals surface area contributed by atoms with E-state index < -0.39 is 28.6 Å². The molecule has 33 heavy (non-hydrogen) atoms. The average Bonchev–Trinajstić information content (AvgIpc) is 3.11. The van der Waals surface area contributed by atoms with Crippen LogP contribution in [0, 0.1) is 0 Å². The Hall–Kier alpha value is -3.81. The standard InChI is InChI=1S/C19H20F2N6O5S/c1-27-17(23-19(28)32-15(16(20)21)11-7-5-4-6-8-11)14(24-26-27)12-9-10-13(18(22-12)31-2)25-33(3,29)30/h4-10,15-16,25H,1-3H3,(H,23,28). The Kier molecular flexibility index (Phi) is 7.06. The molecule has 1 aromatic carbocycles. The van der Waals surface area contributed by atoms with Gasteiger partial charge < -0.3 is 9.47 Å². The van der Waals surface area contributed by atoms with Crippen LogP contribution in [0.25, 0.3) is 11.4 Å². The Balaban J connectivity index is 1.86. The maximum Gasteiger partial charge on any atom is 0.413 e. The highest BCUT2D eigenvalue weighted by molar-refractivity contribution is 7.92. The highest BCUT2D eigenvalue weighted by Gasteiger charge is 2.28. The van der Waals surface area contributed by atoms with Gasteiger partial charge in [0.25, 0.3) is 6.43 Å². The van der Waals surface area contributed by atoms with E-state index >= 15 is 0 Å². The first-order chi connectivity index (χ1) is 15.6. The third kappa shape index (κ3) is 5.91. The van der Waals surface area contributed by atoms with Crippen LogP contribution in [0.4, 0.5) is 25.1 Å². The highest BCUT2D eigenvalue weighted by atomic mass is 32.2. The molecule has 0 spiro atoms. The van der Waals surface area contributed by atoms with E-state index in [2.05, 4.69) is 25.3 Å².